The van der Waals surface area contributed by atoms with Gasteiger partial charge in [0.15, 0.2) is 0 Å². The Morgan fingerprint density at radius 3 is 2.19 bits per heavy atom. The maximum absolute atomic E-state index is 13.3. The van der Waals surface area contributed by atoms with Crippen molar-refractivity contribution in [2.75, 3.05) is 12.4 Å². The number of anilines is 1. The molecule has 6 nitrogen and oxygen atoms in total. The number of carbonyl (C=O) groups excluding carboxylic acids is 1. The summed E-state index contributed by atoms with van der Waals surface area (Å²) in [6.45, 7) is 0. The highest BCUT2D eigenvalue weighted by Crippen LogP contribution is 2.24. The van der Waals surface area contributed by atoms with Gasteiger partial charge in [-0.3, -0.25) is 4.79 Å². The summed E-state index contributed by atoms with van der Waals surface area (Å²) < 4.78 is 24.0. The lowest BCUT2D eigenvalue weighted by molar-refractivity contribution is 0.102. The predicted octanol–water partition coefficient (Wildman–Crippen LogP) is 5.99. The second kappa shape index (κ2) is 9.45. The quantitative estimate of drug-likeness (QED) is 0.391. The minimum absolute atomic E-state index is 0.0578. The highest BCUT2D eigenvalue weighted by atomic mass is 35.5. The molecule has 1 amide bonds. The van der Waals surface area contributed by atoms with Crippen LogP contribution in [-0.4, -0.2) is 23.0 Å². The van der Waals surface area contributed by atoms with Gasteiger partial charge in [-0.1, -0.05) is 23.7 Å². The third kappa shape index (κ3) is 5.01. The van der Waals surface area contributed by atoms with Crippen molar-refractivity contribution in [2.24, 2.45) is 0 Å². The van der Waals surface area contributed by atoms with Crippen LogP contribution in [0.4, 0.5) is 10.1 Å². The van der Waals surface area contributed by atoms with Crippen molar-refractivity contribution in [1.82, 2.24) is 9.97 Å². The van der Waals surface area contributed by atoms with Gasteiger partial charge in [-0.2, -0.15) is 0 Å². The molecule has 0 saturated heterocycles. The first-order chi connectivity index (χ1) is 15.5. The second-order valence-corrected chi connectivity index (χ2v) is 7.10. The molecule has 0 unspecified atom stereocenters. The van der Waals surface area contributed by atoms with Crippen LogP contribution in [0.15, 0.2) is 79.1 Å². The molecule has 1 aromatic heterocycles. The minimum Gasteiger partial charge on any atom is -0.497 e. The zero-order chi connectivity index (χ0) is 22.5. The van der Waals surface area contributed by atoms with E-state index in [1.807, 2.05) is 0 Å². The maximum atomic E-state index is 13.3. The maximum Gasteiger partial charge on any atom is 0.321 e. The van der Waals surface area contributed by atoms with Gasteiger partial charge >= 0.3 is 6.01 Å². The van der Waals surface area contributed by atoms with Crippen molar-refractivity contribution in [3.05, 3.63) is 95.5 Å². The third-order valence-corrected chi connectivity index (χ3v) is 4.84. The van der Waals surface area contributed by atoms with Gasteiger partial charge in [0.2, 0.25) is 0 Å². The van der Waals surface area contributed by atoms with Crippen molar-refractivity contribution < 1.29 is 18.7 Å². The van der Waals surface area contributed by atoms with Crippen LogP contribution in [-0.2, 0) is 0 Å². The summed E-state index contributed by atoms with van der Waals surface area (Å²) in [6.07, 6.45) is 3.28. The van der Waals surface area contributed by atoms with Crippen molar-refractivity contribution >= 4 is 23.2 Å². The monoisotopic (exact) mass is 449 g/mol. The first kappa shape index (κ1) is 21.3. The lowest BCUT2D eigenvalue weighted by Gasteiger charge is -2.08. The van der Waals surface area contributed by atoms with Crippen molar-refractivity contribution in [1.29, 1.82) is 0 Å². The summed E-state index contributed by atoms with van der Waals surface area (Å²) >= 11 is 5.75. The minimum atomic E-state index is -0.545. The number of ether oxygens (including phenoxy) is 2. The molecule has 0 fully saturated rings. The Morgan fingerprint density at radius 2 is 1.56 bits per heavy atom. The molecule has 3 aromatic carbocycles. The number of halogens is 2. The van der Waals surface area contributed by atoms with Gasteiger partial charge in [-0.25, -0.2) is 14.4 Å². The molecule has 4 aromatic rings. The normalized spacial score (nSPS) is 10.5. The van der Waals surface area contributed by atoms with Crippen LogP contribution < -0.4 is 14.8 Å². The Morgan fingerprint density at radius 1 is 0.906 bits per heavy atom. The smallest absolute Gasteiger partial charge is 0.321 e. The Bertz CT molecular complexity index is 1230. The van der Waals surface area contributed by atoms with E-state index in [4.69, 9.17) is 21.1 Å². The highest BCUT2D eigenvalue weighted by molar-refractivity contribution is 6.31. The van der Waals surface area contributed by atoms with Crippen molar-refractivity contribution in [2.45, 2.75) is 0 Å². The number of hydrogen-bond acceptors (Lipinski definition) is 5. The van der Waals surface area contributed by atoms with Crippen LogP contribution in [0, 0.1) is 5.82 Å². The number of hydrogen-bond donors (Lipinski definition) is 1. The summed E-state index contributed by atoms with van der Waals surface area (Å²) in [5, 5.41) is 2.63. The number of methoxy groups -OCH3 is 1. The molecule has 0 spiro atoms. The van der Waals surface area contributed by atoms with Gasteiger partial charge in [-0.05, 0) is 60.2 Å². The number of rotatable bonds is 6. The van der Waals surface area contributed by atoms with Crippen molar-refractivity contribution in [3.8, 4) is 28.6 Å². The fourth-order valence-corrected chi connectivity index (χ4v) is 3.04. The van der Waals surface area contributed by atoms with Gasteiger partial charge in [0, 0.05) is 29.2 Å². The Labute approximate surface area is 188 Å². The summed E-state index contributed by atoms with van der Waals surface area (Å²) in [4.78, 5) is 20.9. The number of benzene rings is 3. The lowest BCUT2D eigenvalue weighted by Crippen LogP contribution is -2.11. The Balaban J connectivity index is 1.41. The fourth-order valence-electron chi connectivity index (χ4n) is 2.86. The average molecular weight is 450 g/mol. The molecule has 1 N–H and O–H groups in total. The second-order valence-electron chi connectivity index (χ2n) is 6.69. The first-order valence-corrected chi connectivity index (χ1v) is 9.90. The molecule has 4 rings (SSSR count). The van der Waals surface area contributed by atoms with E-state index in [1.165, 1.54) is 18.2 Å². The van der Waals surface area contributed by atoms with E-state index in [-0.39, 0.29) is 16.9 Å². The molecule has 0 aliphatic rings. The van der Waals surface area contributed by atoms with Crippen LogP contribution in [0.2, 0.25) is 5.02 Å². The van der Waals surface area contributed by atoms with E-state index in [0.29, 0.717) is 17.0 Å². The molecular formula is C24H17ClFN3O3. The van der Waals surface area contributed by atoms with Crippen LogP contribution >= 0.6 is 11.6 Å². The van der Waals surface area contributed by atoms with E-state index in [9.17, 15) is 9.18 Å². The number of amides is 1. The molecule has 0 radical (unpaired) electrons. The van der Waals surface area contributed by atoms with Crippen LogP contribution in [0.5, 0.6) is 17.5 Å². The van der Waals surface area contributed by atoms with Crippen LogP contribution in [0.3, 0.4) is 0 Å². The molecule has 0 saturated carbocycles. The molecule has 0 atom stereocenters. The average Bonchev–Trinajstić information content (AvgIpc) is 2.82. The summed E-state index contributed by atoms with van der Waals surface area (Å²) in [6, 6.07) is 18.2. The lowest BCUT2D eigenvalue weighted by atomic mass is 10.1. The molecule has 8 heteroatoms. The van der Waals surface area contributed by atoms with Crippen LogP contribution in [0.25, 0.3) is 11.1 Å². The van der Waals surface area contributed by atoms with Gasteiger partial charge in [0.25, 0.3) is 5.91 Å². The Kier molecular flexibility index (Phi) is 6.28. The SMILES string of the molecule is COc1ccc(Oc2ncc(-c3ccc(C(=O)Nc4ccc(F)c(Cl)c4)cc3)cn2)cc1. The van der Waals surface area contributed by atoms with Gasteiger partial charge in [-0.15, -0.1) is 0 Å². The zero-order valence-electron chi connectivity index (χ0n) is 16.9. The molecule has 0 aliphatic carbocycles. The summed E-state index contributed by atoms with van der Waals surface area (Å²) in [5.41, 5.74) is 2.45. The van der Waals surface area contributed by atoms with Gasteiger partial charge in [0.05, 0.1) is 12.1 Å². The first-order valence-electron chi connectivity index (χ1n) is 9.52. The molecule has 0 aliphatic heterocycles. The highest BCUT2D eigenvalue weighted by Gasteiger charge is 2.09. The van der Waals surface area contributed by atoms with E-state index in [2.05, 4.69) is 15.3 Å². The predicted molar refractivity (Wildman–Crippen MR) is 120 cm³/mol. The van der Waals surface area contributed by atoms with E-state index in [0.717, 1.165) is 16.9 Å². The third-order valence-electron chi connectivity index (χ3n) is 4.55. The van der Waals surface area contributed by atoms with E-state index in [1.54, 1.807) is 68.0 Å². The van der Waals surface area contributed by atoms with Crippen LogP contribution in [0.1, 0.15) is 10.4 Å². The molecule has 32 heavy (non-hydrogen) atoms. The molecular weight excluding hydrogens is 433 g/mol. The number of nitrogens with one attached hydrogen (secondary N) is 1. The standard InChI is InChI=1S/C24H17ClFN3O3/c1-31-19-7-9-20(10-8-19)32-24-27-13-17(14-28-24)15-2-4-16(5-3-15)23(30)29-18-6-11-22(26)21(25)12-18/h2-14H,1H3,(H,29,30). The molecule has 1 heterocycles. The topological polar surface area (TPSA) is 73.3 Å². The summed E-state index contributed by atoms with van der Waals surface area (Å²) in [7, 11) is 1.60. The van der Waals surface area contributed by atoms with Crippen molar-refractivity contribution in [3.63, 3.8) is 0 Å². The largest absolute Gasteiger partial charge is 0.497 e. The van der Waals surface area contributed by atoms with E-state index < -0.39 is 5.82 Å². The molecule has 160 valence electrons. The fraction of sp³-hybridized carbons (Fsp3) is 0.0417. The summed E-state index contributed by atoms with van der Waals surface area (Å²) in [5.74, 6) is 0.443. The zero-order valence-corrected chi connectivity index (χ0v) is 17.6. The Hall–Kier alpha value is -3.97. The van der Waals surface area contributed by atoms with Gasteiger partial charge in [0.1, 0.15) is 17.3 Å². The van der Waals surface area contributed by atoms with Gasteiger partial charge < -0.3 is 14.8 Å². The number of carbonyl (C=O) groups is 1. The number of aromatic nitrogens is 2. The molecule has 0 bridgehead atoms. The van der Waals surface area contributed by atoms with E-state index >= 15 is 0 Å². The number of nitrogens with zero attached hydrogens (tertiary/aromatic N) is 2.